The number of ether oxygens (including phenoxy) is 1. The molecule has 0 saturated heterocycles. The zero-order chi connectivity index (χ0) is 18.4. The number of methoxy groups -OCH3 is 1. The third-order valence-electron chi connectivity index (χ3n) is 4.38. The summed E-state index contributed by atoms with van der Waals surface area (Å²) in [4.78, 5) is 18.9. The minimum Gasteiger partial charge on any atom is -0.497 e. The van der Waals surface area contributed by atoms with E-state index in [2.05, 4.69) is 21.3 Å². The van der Waals surface area contributed by atoms with E-state index in [9.17, 15) is 4.79 Å². The van der Waals surface area contributed by atoms with Gasteiger partial charge in [0.15, 0.2) is 5.82 Å². The van der Waals surface area contributed by atoms with Crippen molar-refractivity contribution in [3.63, 3.8) is 0 Å². The Morgan fingerprint density at radius 2 is 2.12 bits per heavy atom. The van der Waals surface area contributed by atoms with Crippen molar-refractivity contribution >= 4 is 17.7 Å². The number of rotatable bonds is 7. The van der Waals surface area contributed by atoms with E-state index in [1.807, 2.05) is 36.1 Å². The zero-order valence-corrected chi connectivity index (χ0v) is 16.0. The van der Waals surface area contributed by atoms with E-state index in [-0.39, 0.29) is 5.91 Å². The molecule has 0 fully saturated rings. The average Bonchev–Trinajstić information content (AvgIpc) is 3.17. The highest BCUT2D eigenvalue weighted by Gasteiger charge is 2.18. The van der Waals surface area contributed by atoms with Crippen molar-refractivity contribution in [3.05, 3.63) is 36.0 Å². The number of allylic oxidation sites excluding steroid dienone is 2. The van der Waals surface area contributed by atoms with Crippen LogP contribution in [0.15, 0.2) is 41.2 Å². The van der Waals surface area contributed by atoms with E-state index in [1.165, 1.54) is 23.9 Å². The Morgan fingerprint density at radius 3 is 2.77 bits per heavy atom. The molecule has 1 aromatic carbocycles. The first kappa shape index (κ1) is 18.5. The lowest BCUT2D eigenvalue weighted by Gasteiger charge is -2.26. The molecule has 1 N–H and O–H groups in total. The van der Waals surface area contributed by atoms with Gasteiger partial charge in [0.1, 0.15) is 5.75 Å². The molecule has 26 heavy (non-hydrogen) atoms. The molecule has 3 rings (SSSR count). The van der Waals surface area contributed by atoms with Crippen LogP contribution in [0.25, 0.3) is 11.4 Å². The third kappa shape index (κ3) is 4.46. The maximum Gasteiger partial charge on any atom is 0.237 e. The number of nitrogens with one attached hydrogen (secondary N) is 1. The number of amides is 1. The minimum absolute atomic E-state index is 0.112. The van der Waals surface area contributed by atoms with Gasteiger partial charge in [-0.15, -0.1) is 5.10 Å². The normalized spacial score (nSPS) is 14.0. The first-order chi connectivity index (χ1) is 12.7. The van der Waals surface area contributed by atoms with Gasteiger partial charge in [0.2, 0.25) is 11.1 Å². The molecule has 1 amide bonds. The van der Waals surface area contributed by atoms with E-state index in [4.69, 9.17) is 4.74 Å². The van der Waals surface area contributed by atoms with Gasteiger partial charge < -0.3 is 9.64 Å². The SMILES string of the molecule is CCN(C(=O)CSc1n[nH]c(-c2ccc(OC)cc2)n1)C1=CCCCC1. The number of hydrogen-bond donors (Lipinski definition) is 1. The molecule has 1 aliphatic rings. The fourth-order valence-electron chi connectivity index (χ4n) is 3.00. The second-order valence-electron chi connectivity index (χ2n) is 6.06. The van der Waals surface area contributed by atoms with Crippen molar-refractivity contribution in [1.82, 2.24) is 20.1 Å². The Balaban J connectivity index is 1.60. The Hall–Kier alpha value is -2.28. The molecule has 0 spiro atoms. The summed E-state index contributed by atoms with van der Waals surface area (Å²) in [5.74, 6) is 1.93. The molecular formula is C19H24N4O2S. The number of aromatic nitrogens is 3. The molecule has 6 nitrogen and oxygen atoms in total. The van der Waals surface area contributed by atoms with Crippen LogP contribution in [0.3, 0.4) is 0 Å². The molecule has 0 unspecified atom stereocenters. The number of H-pyrrole nitrogens is 1. The van der Waals surface area contributed by atoms with Crippen molar-refractivity contribution in [2.75, 3.05) is 19.4 Å². The Kier molecular flexibility index (Phi) is 6.33. The second-order valence-corrected chi connectivity index (χ2v) is 7.01. The predicted molar refractivity (Wildman–Crippen MR) is 103 cm³/mol. The number of carbonyl (C=O) groups is 1. The van der Waals surface area contributed by atoms with Gasteiger partial charge in [-0.25, -0.2) is 4.98 Å². The van der Waals surface area contributed by atoms with Gasteiger partial charge in [-0.3, -0.25) is 9.89 Å². The van der Waals surface area contributed by atoms with Crippen LogP contribution in [0, 0.1) is 0 Å². The maximum atomic E-state index is 12.6. The molecule has 0 radical (unpaired) electrons. The Bertz CT molecular complexity index is 770. The smallest absolute Gasteiger partial charge is 0.237 e. The van der Waals surface area contributed by atoms with Gasteiger partial charge in [0.25, 0.3) is 0 Å². The van der Waals surface area contributed by atoms with E-state index in [1.54, 1.807) is 7.11 Å². The highest BCUT2D eigenvalue weighted by Crippen LogP contribution is 2.24. The van der Waals surface area contributed by atoms with Gasteiger partial charge in [-0.1, -0.05) is 17.8 Å². The lowest BCUT2D eigenvalue weighted by molar-refractivity contribution is -0.126. The van der Waals surface area contributed by atoms with Crippen molar-refractivity contribution in [3.8, 4) is 17.1 Å². The number of benzene rings is 1. The highest BCUT2D eigenvalue weighted by molar-refractivity contribution is 7.99. The Morgan fingerprint density at radius 1 is 1.31 bits per heavy atom. The summed E-state index contributed by atoms with van der Waals surface area (Å²) in [5, 5.41) is 7.73. The molecule has 138 valence electrons. The van der Waals surface area contributed by atoms with Crippen LogP contribution >= 0.6 is 11.8 Å². The van der Waals surface area contributed by atoms with Gasteiger partial charge >= 0.3 is 0 Å². The van der Waals surface area contributed by atoms with Crippen LogP contribution in [0.4, 0.5) is 0 Å². The van der Waals surface area contributed by atoms with Gasteiger partial charge in [0.05, 0.1) is 12.9 Å². The molecule has 7 heteroatoms. The van der Waals surface area contributed by atoms with E-state index in [0.29, 0.717) is 23.3 Å². The first-order valence-corrected chi connectivity index (χ1v) is 9.89. The largest absolute Gasteiger partial charge is 0.497 e. The van der Waals surface area contributed by atoms with Gasteiger partial charge in [-0.2, -0.15) is 0 Å². The minimum atomic E-state index is 0.112. The third-order valence-corrected chi connectivity index (χ3v) is 5.22. The summed E-state index contributed by atoms with van der Waals surface area (Å²) in [7, 11) is 1.64. The van der Waals surface area contributed by atoms with E-state index < -0.39 is 0 Å². The molecule has 1 aromatic heterocycles. The fraction of sp³-hybridized carbons (Fsp3) is 0.421. The Labute approximate surface area is 158 Å². The number of carbonyl (C=O) groups excluding carboxylic acids is 1. The van der Waals surface area contributed by atoms with Crippen molar-refractivity contribution in [1.29, 1.82) is 0 Å². The number of hydrogen-bond acceptors (Lipinski definition) is 5. The summed E-state index contributed by atoms with van der Waals surface area (Å²) in [6, 6.07) is 7.61. The molecule has 0 aliphatic heterocycles. The number of nitrogens with zero attached hydrogens (tertiary/aromatic N) is 3. The first-order valence-electron chi connectivity index (χ1n) is 8.90. The monoisotopic (exact) mass is 372 g/mol. The van der Waals surface area contributed by atoms with E-state index >= 15 is 0 Å². The molecule has 2 aromatic rings. The predicted octanol–water partition coefficient (Wildman–Crippen LogP) is 3.88. The highest BCUT2D eigenvalue weighted by atomic mass is 32.2. The fourth-order valence-corrected chi connectivity index (χ4v) is 3.67. The molecule has 0 saturated carbocycles. The topological polar surface area (TPSA) is 71.1 Å². The molecule has 1 heterocycles. The summed E-state index contributed by atoms with van der Waals surface area (Å²) < 4.78 is 5.16. The second kappa shape index (κ2) is 8.89. The van der Waals surface area contributed by atoms with Crippen LogP contribution < -0.4 is 4.74 Å². The molecule has 1 aliphatic carbocycles. The average molecular weight is 372 g/mol. The summed E-state index contributed by atoms with van der Waals surface area (Å²) in [6.07, 6.45) is 6.64. The molecule has 0 atom stereocenters. The lowest BCUT2D eigenvalue weighted by atomic mass is 10.0. The van der Waals surface area contributed by atoms with Crippen molar-refractivity contribution in [2.45, 2.75) is 37.8 Å². The maximum absolute atomic E-state index is 12.6. The summed E-state index contributed by atoms with van der Waals surface area (Å²) >= 11 is 1.36. The van der Waals surface area contributed by atoms with Crippen LogP contribution in [-0.2, 0) is 4.79 Å². The quantitative estimate of drug-likeness (QED) is 0.747. The summed E-state index contributed by atoms with van der Waals surface area (Å²) in [5.41, 5.74) is 2.09. The number of aromatic amines is 1. The molecular weight excluding hydrogens is 348 g/mol. The number of thioether (sulfide) groups is 1. The van der Waals surface area contributed by atoms with E-state index in [0.717, 1.165) is 30.6 Å². The van der Waals surface area contributed by atoms with Crippen molar-refractivity contribution < 1.29 is 9.53 Å². The van der Waals surface area contributed by atoms with Crippen LogP contribution in [0.5, 0.6) is 5.75 Å². The van der Waals surface area contributed by atoms with Crippen LogP contribution in [-0.4, -0.2) is 45.4 Å². The lowest BCUT2D eigenvalue weighted by Crippen LogP contribution is -2.32. The summed E-state index contributed by atoms with van der Waals surface area (Å²) in [6.45, 7) is 2.73. The molecule has 0 bridgehead atoms. The standard InChI is InChI=1S/C19H24N4O2S/c1-3-23(15-7-5-4-6-8-15)17(24)13-26-19-20-18(21-22-19)14-9-11-16(25-2)12-10-14/h7,9-12H,3-6,8,13H2,1-2H3,(H,20,21,22). The van der Waals surface area contributed by atoms with Crippen molar-refractivity contribution in [2.24, 2.45) is 0 Å². The zero-order valence-electron chi connectivity index (χ0n) is 15.2. The van der Waals surface area contributed by atoms with Gasteiger partial charge in [-0.05, 0) is 56.9 Å². The van der Waals surface area contributed by atoms with Crippen LogP contribution in [0.1, 0.15) is 32.6 Å². The van der Waals surface area contributed by atoms with Crippen LogP contribution in [0.2, 0.25) is 0 Å². The van der Waals surface area contributed by atoms with Gasteiger partial charge in [0, 0.05) is 17.8 Å².